The smallest absolute Gasteiger partial charge is 0.295 e. The van der Waals surface area contributed by atoms with Gasteiger partial charge in [0.1, 0.15) is 11.5 Å². The molecule has 0 spiro atoms. The number of nitrogens with zero attached hydrogens (tertiary/aromatic N) is 2. The summed E-state index contributed by atoms with van der Waals surface area (Å²) in [5.74, 6) is -1.29. The lowest BCUT2D eigenvalue weighted by molar-refractivity contribution is -0.384. The number of amides is 1. The number of pyridine rings is 1. The highest BCUT2D eigenvalue weighted by Crippen LogP contribution is 2.30. The van der Waals surface area contributed by atoms with Crippen molar-refractivity contribution in [2.24, 2.45) is 0 Å². The second-order valence-corrected chi connectivity index (χ2v) is 6.87. The highest BCUT2D eigenvalue weighted by molar-refractivity contribution is 7.13. The highest BCUT2D eigenvalue weighted by Gasteiger charge is 2.20. The number of nitrogens with one attached hydrogen (secondary N) is 1. The van der Waals surface area contributed by atoms with Gasteiger partial charge in [0.05, 0.1) is 32.6 Å². The number of benzene rings is 2. The molecule has 0 aliphatic carbocycles. The first-order valence-electron chi connectivity index (χ1n) is 8.22. The van der Waals surface area contributed by atoms with Crippen LogP contribution in [0.25, 0.3) is 21.5 Å². The molecule has 2 aromatic heterocycles. The number of rotatable bonds is 4. The SMILES string of the molecule is O=C(Nc1ccc(F)cc1[N+](=O)[O-])c1cc(-c2cccs2)nc2ccccc12. The minimum absolute atomic E-state index is 0.0741. The molecule has 6 nitrogen and oxygen atoms in total. The Morgan fingerprint density at radius 2 is 1.93 bits per heavy atom. The average Bonchev–Trinajstić information content (AvgIpc) is 3.23. The third-order valence-electron chi connectivity index (χ3n) is 4.14. The Hall–Kier alpha value is -3.65. The van der Waals surface area contributed by atoms with Crippen LogP contribution in [0, 0.1) is 15.9 Å². The number of hydrogen-bond donors (Lipinski definition) is 1. The first kappa shape index (κ1) is 17.7. The summed E-state index contributed by atoms with van der Waals surface area (Å²) in [5, 5.41) is 16.2. The normalized spacial score (nSPS) is 10.8. The summed E-state index contributed by atoms with van der Waals surface area (Å²) in [7, 11) is 0. The van der Waals surface area contributed by atoms with E-state index in [-0.39, 0.29) is 5.69 Å². The second kappa shape index (κ2) is 7.16. The molecule has 2 heterocycles. The Morgan fingerprint density at radius 3 is 2.68 bits per heavy atom. The molecular formula is C20H12FN3O3S. The van der Waals surface area contributed by atoms with Gasteiger partial charge in [-0.2, -0.15) is 0 Å². The molecule has 28 heavy (non-hydrogen) atoms. The Morgan fingerprint density at radius 1 is 1.11 bits per heavy atom. The number of nitro groups is 1. The van der Waals surface area contributed by atoms with E-state index in [0.29, 0.717) is 22.2 Å². The minimum Gasteiger partial charge on any atom is -0.316 e. The van der Waals surface area contributed by atoms with Crippen molar-refractivity contribution in [1.29, 1.82) is 0 Å². The number of anilines is 1. The molecule has 8 heteroatoms. The lowest BCUT2D eigenvalue weighted by atomic mass is 10.1. The van der Waals surface area contributed by atoms with E-state index in [4.69, 9.17) is 0 Å². The monoisotopic (exact) mass is 393 g/mol. The maximum absolute atomic E-state index is 13.4. The first-order valence-corrected chi connectivity index (χ1v) is 9.10. The van der Waals surface area contributed by atoms with Crippen LogP contribution in [0.15, 0.2) is 66.0 Å². The van der Waals surface area contributed by atoms with Crippen LogP contribution in [-0.2, 0) is 0 Å². The van der Waals surface area contributed by atoms with Gasteiger partial charge in [0.2, 0.25) is 0 Å². The summed E-state index contributed by atoms with van der Waals surface area (Å²) in [6.07, 6.45) is 0. The van der Waals surface area contributed by atoms with E-state index in [1.165, 1.54) is 17.4 Å². The molecule has 4 aromatic rings. The summed E-state index contributed by atoms with van der Waals surface area (Å²) in [4.78, 5) is 28.9. The Kier molecular flexibility index (Phi) is 4.54. The van der Waals surface area contributed by atoms with Gasteiger partial charge in [0.15, 0.2) is 0 Å². The fraction of sp³-hybridized carbons (Fsp3) is 0. The molecule has 0 radical (unpaired) electrons. The molecule has 0 bridgehead atoms. The molecule has 0 aliphatic rings. The topological polar surface area (TPSA) is 85.1 Å². The Bertz CT molecular complexity index is 1210. The highest BCUT2D eigenvalue weighted by atomic mass is 32.1. The summed E-state index contributed by atoms with van der Waals surface area (Å²) >= 11 is 1.49. The van der Waals surface area contributed by atoms with Crippen molar-refractivity contribution in [2.45, 2.75) is 0 Å². The van der Waals surface area contributed by atoms with Gasteiger partial charge in [-0.1, -0.05) is 24.3 Å². The molecule has 0 saturated heterocycles. The van der Waals surface area contributed by atoms with E-state index in [9.17, 15) is 19.3 Å². The van der Waals surface area contributed by atoms with E-state index in [0.717, 1.165) is 17.0 Å². The first-order chi connectivity index (χ1) is 13.5. The number of nitro benzene ring substituents is 1. The predicted octanol–water partition coefficient (Wildman–Crippen LogP) is 5.26. The van der Waals surface area contributed by atoms with Crippen molar-refractivity contribution >= 4 is 39.5 Å². The largest absolute Gasteiger partial charge is 0.316 e. The van der Waals surface area contributed by atoms with Crippen molar-refractivity contribution in [2.75, 3.05) is 5.32 Å². The zero-order valence-electron chi connectivity index (χ0n) is 14.3. The van der Waals surface area contributed by atoms with Crippen LogP contribution >= 0.6 is 11.3 Å². The van der Waals surface area contributed by atoms with Gasteiger partial charge < -0.3 is 5.32 Å². The molecule has 0 fully saturated rings. The van der Waals surface area contributed by atoms with Crippen LogP contribution in [0.4, 0.5) is 15.8 Å². The van der Waals surface area contributed by atoms with Crippen molar-refractivity contribution < 1.29 is 14.1 Å². The molecule has 138 valence electrons. The molecule has 1 amide bonds. The fourth-order valence-electron chi connectivity index (χ4n) is 2.86. The molecule has 0 unspecified atom stereocenters. The maximum atomic E-state index is 13.4. The Labute approximate surface area is 162 Å². The predicted molar refractivity (Wildman–Crippen MR) is 106 cm³/mol. The molecule has 0 atom stereocenters. The van der Waals surface area contributed by atoms with E-state index >= 15 is 0 Å². The van der Waals surface area contributed by atoms with Crippen LogP contribution < -0.4 is 5.32 Å². The number of aromatic nitrogens is 1. The lowest BCUT2D eigenvalue weighted by Gasteiger charge is -2.10. The molecule has 4 rings (SSSR count). The summed E-state index contributed by atoms with van der Waals surface area (Å²) in [6.45, 7) is 0. The number of carbonyl (C=O) groups is 1. The number of hydrogen-bond acceptors (Lipinski definition) is 5. The van der Waals surface area contributed by atoms with Crippen molar-refractivity contribution in [3.05, 3.63) is 87.5 Å². The number of fused-ring (bicyclic) bond motifs is 1. The zero-order chi connectivity index (χ0) is 19.7. The minimum atomic E-state index is -0.751. The van der Waals surface area contributed by atoms with Crippen LogP contribution in [-0.4, -0.2) is 15.8 Å². The summed E-state index contributed by atoms with van der Waals surface area (Å²) in [5.41, 5.74) is 1.01. The number of thiophene rings is 1. The van der Waals surface area contributed by atoms with Crippen LogP contribution in [0.2, 0.25) is 0 Å². The number of carbonyl (C=O) groups excluding carboxylic acids is 1. The molecular weight excluding hydrogens is 381 g/mol. The quantitative estimate of drug-likeness (QED) is 0.378. The van der Waals surface area contributed by atoms with E-state index in [2.05, 4.69) is 10.3 Å². The summed E-state index contributed by atoms with van der Waals surface area (Å²) in [6, 6.07) is 15.6. The number of para-hydroxylation sites is 1. The van der Waals surface area contributed by atoms with Gasteiger partial charge in [-0.15, -0.1) is 11.3 Å². The molecule has 2 aromatic carbocycles. The second-order valence-electron chi connectivity index (χ2n) is 5.92. The molecule has 0 saturated carbocycles. The standard InChI is InChI=1S/C20H12FN3O3S/c21-12-7-8-16(18(10-12)24(26)27)23-20(25)14-11-17(19-6-3-9-28-19)22-15-5-2-1-4-13(14)15/h1-11H,(H,23,25). The van der Waals surface area contributed by atoms with Crippen LogP contribution in [0.3, 0.4) is 0 Å². The molecule has 0 aliphatic heterocycles. The fourth-order valence-corrected chi connectivity index (χ4v) is 3.55. The average molecular weight is 393 g/mol. The van der Waals surface area contributed by atoms with Crippen molar-refractivity contribution in [3.8, 4) is 10.6 Å². The molecule has 1 N–H and O–H groups in total. The van der Waals surface area contributed by atoms with Gasteiger partial charge in [0.25, 0.3) is 11.6 Å². The third kappa shape index (κ3) is 3.33. The van der Waals surface area contributed by atoms with Gasteiger partial charge in [0, 0.05) is 5.39 Å². The van der Waals surface area contributed by atoms with E-state index in [1.54, 1.807) is 24.3 Å². The van der Waals surface area contributed by atoms with E-state index in [1.807, 2.05) is 23.6 Å². The number of halogens is 1. The summed E-state index contributed by atoms with van der Waals surface area (Å²) < 4.78 is 13.4. The van der Waals surface area contributed by atoms with Gasteiger partial charge in [-0.3, -0.25) is 14.9 Å². The van der Waals surface area contributed by atoms with Gasteiger partial charge in [-0.05, 0) is 35.7 Å². The lowest BCUT2D eigenvalue weighted by Crippen LogP contribution is -2.14. The van der Waals surface area contributed by atoms with Crippen LogP contribution in [0.1, 0.15) is 10.4 Å². The van der Waals surface area contributed by atoms with Gasteiger partial charge >= 0.3 is 0 Å². The van der Waals surface area contributed by atoms with E-state index < -0.39 is 22.3 Å². The van der Waals surface area contributed by atoms with Crippen molar-refractivity contribution in [3.63, 3.8) is 0 Å². The van der Waals surface area contributed by atoms with Gasteiger partial charge in [-0.25, -0.2) is 9.37 Å². The van der Waals surface area contributed by atoms with Crippen LogP contribution in [0.5, 0.6) is 0 Å². The van der Waals surface area contributed by atoms with Crippen molar-refractivity contribution in [1.82, 2.24) is 4.98 Å². The maximum Gasteiger partial charge on any atom is 0.295 e. The Balaban J connectivity index is 1.81. The zero-order valence-corrected chi connectivity index (χ0v) is 15.1. The third-order valence-corrected chi connectivity index (χ3v) is 5.03.